The number of hydrogen-bond acceptors (Lipinski definition) is 3. The predicted molar refractivity (Wildman–Crippen MR) is 84.4 cm³/mol. The second kappa shape index (κ2) is 6.16. The van der Waals surface area contributed by atoms with Gasteiger partial charge in [-0.25, -0.2) is 0 Å². The SMILES string of the molecule is COc1cc(Cl)c(C(Br)c2ccc(C)s2)cc1OC. The third-order valence-corrected chi connectivity index (χ3v) is 5.47. The first-order valence-corrected chi connectivity index (χ1v) is 7.79. The van der Waals surface area contributed by atoms with Gasteiger partial charge in [0.05, 0.1) is 19.0 Å². The van der Waals surface area contributed by atoms with E-state index in [0.29, 0.717) is 16.5 Å². The van der Waals surface area contributed by atoms with Crippen LogP contribution in [0.25, 0.3) is 0 Å². The largest absolute Gasteiger partial charge is 0.493 e. The highest BCUT2D eigenvalue weighted by Crippen LogP contribution is 2.42. The van der Waals surface area contributed by atoms with E-state index < -0.39 is 0 Å². The molecule has 1 heterocycles. The van der Waals surface area contributed by atoms with Crippen molar-refractivity contribution in [3.05, 3.63) is 44.6 Å². The average molecular weight is 362 g/mol. The molecule has 1 unspecified atom stereocenters. The molecule has 0 fully saturated rings. The van der Waals surface area contributed by atoms with Gasteiger partial charge in [0.15, 0.2) is 11.5 Å². The van der Waals surface area contributed by atoms with Crippen LogP contribution in [0, 0.1) is 6.92 Å². The van der Waals surface area contributed by atoms with Crippen LogP contribution >= 0.6 is 38.9 Å². The number of hydrogen-bond donors (Lipinski definition) is 0. The molecule has 0 radical (unpaired) electrons. The Bertz CT molecular complexity index is 583. The Kier molecular flexibility index (Phi) is 4.76. The molecule has 102 valence electrons. The standard InChI is InChI=1S/C14H14BrClO2S/c1-8-4-5-13(19-8)14(15)9-6-11(17-2)12(18-3)7-10(9)16/h4-7,14H,1-3H3. The van der Waals surface area contributed by atoms with Crippen molar-refractivity contribution in [2.24, 2.45) is 0 Å². The van der Waals surface area contributed by atoms with Gasteiger partial charge in [0, 0.05) is 20.8 Å². The van der Waals surface area contributed by atoms with Crippen molar-refractivity contribution < 1.29 is 9.47 Å². The minimum atomic E-state index is 0.0542. The monoisotopic (exact) mass is 360 g/mol. The Labute approximate surface area is 130 Å². The van der Waals surface area contributed by atoms with Gasteiger partial charge >= 0.3 is 0 Å². The summed E-state index contributed by atoms with van der Waals surface area (Å²) in [5, 5.41) is 0.658. The fourth-order valence-corrected chi connectivity index (χ4v) is 3.89. The van der Waals surface area contributed by atoms with E-state index in [1.165, 1.54) is 9.75 Å². The van der Waals surface area contributed by atoms with Gasteiger partial charge in [-0.1, -0.05) is 27.5 Å². The molecule has 0 aliphatic carbocycles. The van der Waals surface area contributed by atoms with E-state index in [1.807, 2.05) is 6.07 Å². The van der Waals surface area contributed by atoms with Crippen LogP contribution in [0.2, 0.25) is 5.02 Å². The Morgan fingerprint density at radius 2 is 1.79 bits per heavy atom. The third kappa shape index (κ3) is 3.07. The third-order valence-electron chi connectivity index (χ3n) is 2.79. The molecule has 0 bridgehead atoms. The van der Waals surface area contributed by atoms with E-state index in [-0.39, 0.29) is 4.83 Å². The van der Waals surface area contributed by atoms with Gasteiger partial charge < -0.3 is 9.47 Å². The summed E-state index contributed by atoms with van der Waals surface area (Å²) in [5.41, 5.74) is 0.973. The molecule has 1 aromatic carbocycles. The van der Waals surface area contributed by atoms with Gasteiger partial charge in [0.2, 0.25) is 0 Å². The first kappa shape index (κ1) is 14.7. The normalized spacial score (nSPS) is 12.3. The summed E-state index contributed by atoms with van der Waals surface area (Å²) in [4.78, 5) is 2.54. The van der Waals surface area contributed by atoms with Crippen molar-refractivity contribution in [1.29, 1.82) is 0 Å². The summed E-state index contributed by atoms with van der Waals surface area (Å²) in [5.74, 6) is 1.32. The lowest BCUT2D eigenvalue weighted by molar-refractivity contribution is 0.354. The number of aryl methyl sites for hydroxylation is 1. The first-order chi connectivity index (χ1) is 9.06. The summed E-state index contributed by atoms with van der Waals surface area (Å²) < 4.78 is 10.6. The predicted octanol–water partition coefficient (Wildman–Crippen LogP) is 5.21. The van der Waals surface area contributed by atoms with E-state index in [4.69, 9.17) is 21.1 Å². The molecule has 0 saturated heterocycles. The van der Waals surface area contributed by atoms with Crippen molar-refractivity contribution in [2.45, 2.75) is 11.8 Å². The van der Waals surface area contributed by atoms with Gasteiger partial charge in [-0.15, -0.1) is 11.3 Å². The number of alkyl halides is 1. The molecule has 0 saturated carbocycles. The minimum absolute atomic E-state index is 0.0542. The van der Waals surface area contributed by atoms with Crippen molar-refractivity contribution in [2.75, 3.05) is 14.2 Å². The van der Waals surface area contributed by atoms with Crippen molar-refractivity contribution in [3.63, 3.8) is 0 Å². The van der Waals surface area contributed by atoms with E-state index in [2.05, 4.69) is 35.0 Å². The molecule has 1 aromatic heterocycles. The summed E-state index contributed by atoms with van der Waals surface area (Å²) >= 11 is 11.8. The highest BCUT2D eigenvalue weighted by Gasteiger charge is 2.18. The maximum Gasteiger partial charge on any atom is 0.162 e. The smallest absolute Gasteiger partial charge is 0.162 e. The molecule has 2 aromatic rings. The van der Waals surface area contributed by atoms with Crippen LogP contribution in [-0.4, -0.2) is 14.2 Å². The number of halogens is 2. The molecule has 5 heteroatoms. The van der Waals surface area contributed by atoms with Gasteiger partial charge in [-0.05, 0) is 30.7 Å². The second-order valence-electron chi connectivity index (χ2n) is 4.04. The van der Waals surface area contributed by atoms with Gasteiger partial charge in [-0.3, -0.25) is 0 Å². The van der Waals surface area contributed by atoms with Crippen molar-refractivity contribution in [1.82, 2.24) is 0 Å². The second-order valence-corrected chi connectivity index (χ2v) is 6.68. The van der Waals surface area contributed by atoms with Crippen LogP contribution in [-0.2, 0) is 0 Å². The molecule has 0 aliphatic rings. The Morgan fingerprint density at radius 1 is 1.16 bits per heavy atom. The van der Waals surface area contributed by atoms with Crippen LogP contribution in [0.5, 0.6) is 11.5 Å². The molecular formula is C14H14BrClO2S. The lowest BCUT2D eigenvalue weighted by Crippen LogP contribution is -1.96. The lowest BCUT2D eigenvalue weighted by atomic mass is 10.1. The van der Waals surface area contributed by atoms with Gasteiger partial charge in [0.1, 0.15) is 0 Å². The van der Waals surface area contributed by atoms with Crippen molar-refractivity contribution >= 4 is 38.9 Å². The number of thiophene rings is 1. The number of rotatable bonds is 4. The zero-order valence-electron chi connectivity index (χ0n) is 10.9. The molecule has 0 aliphatic heterocycles. The van der Waals surface area contributed by atoms with E-state index >= 15 is 0 Å². The fraction of sp³-hybridized carbons (Fsp3) is 0.286. The lowest BCUT2D eigenvalue weighted by Gasteiger charge is -2.14. The molecule has 0 N–H and O–H groups in total. The van der Waals surface area contributed by atoms with Crippen LogP contribution in [0.15, 0.2) is 24.3 Å². The summed E-state index contributed by atoms with van der Waals surface area (Å²) in [6, 6.07) is 7.90. The summed E-state index contributed by atoms with van der Waals surface area (Å²) in [7, 11) is 3.22. The maximum absolute atomic E-state index is 6.33. The molecule has 2 rings (SSSR count). The van der Waals surface area contributed by atoms with E-state index in [0.717, 1.165) is 5.56 Å². The molecule has 0 amide bonds. The maximum atomic E-state index is 6.33. The summed E-state index contributed by atoms with van der Waals surface area (Å²) in [6.45, 7) is 2.09. The molecule has 2 nitrogen and oxygen atoms in total. The topological polar surface area (TPSA) is 18.5 Å². The average Bonchev–Trinajstić information content (AvgIpc) is 2.84. The zero-order valence-corrected chi connectivity index (χ0v) is 14.0. The Hall–Kier alpha value is -0.710. The molecular weight excluding hydrogens is 348 g/mol. The fourth-order valence-electron chi connectivity index (χ4n) is 1.81. The number of benzene rings is 1. The number of ether oxygens (including phenoxy) is 2. The van der Waals surface area contributed by atoms with Crippen LogP contribution < -0.4 is 9.47 Å². The molecule has 0 spiro atoms. The van der Waals surface area contributed by atoms with Crippen LogP contribution in [0.3, 0.4) is 0 Å². The Balaban J connectivity index is 2.44. The van der Waals surface area contributed by atoms with E-state index in [9.17, 15) is 0 Å². The van der Waals surface area contributed by atoms with Crippen LogP contribution in [0.1, 0.15) is 20.1 Å². The number of methoxy groups -OCH3 is 2. The highest BCUT2D eigenvalue weighted by atomic mass is 79.9. The quantitative estimate of drug-likeness (QED) is 0.696. The summed E-state index contributed by atoms with van der Waals surface area (Å²) in [6.07, 6.45) is 0. The molecule has 19 heavy (non-hydrogen) atoms. The highest BCUT2D eigenvalue weighted by molar-refractivity contribution is 9.09. The zero-order chi connectivity index (χ0) is 14.0. The minimum Gasteiger partial charge on any atom is -0.493 e. The van der Waals surface area contributed by atoms with Crippen LogP contribution in [0.4, 0.5) is 0 Å². The van der Waals surface area contributed by atoms with E-state index in [1.54, 1.807) is 31.6 Å². The van der Waals surface area contributed by atoms with Gasteiger partial charge in [0.25, 0.3) is 0 Å². The molecule has 1 atom stereocenters. The first-order valence-electron chi connectivity index (χ1n) is 5.68. The van der Waals surface area contributed by atoms with Gasteiger partial charge in [-0.2, -0.15) is 0 Å². The van der Waals surface area contributed by atoms with Crippen molar-refractivity contribution in [3.8, 4) is 11.5 Å². The Morgan fingerprint density at radius 3 is 2.32 bits per heavy atom.